The molecule has 0 spiro atoms. The van der Waals surface area contributed by atoms with Crippen LogP contribution in [0.5, 0.6) is 0 Å². The van der Waals surface area contributed by atoms with Crippen LogP contribution >= 0.6 is 0 Å². The molecule has 3 aromatic rings. The molecular weight excluding hydrogens is 385 g/mol. The molecule has 3 heterocycles. The fraction of sp³-hybridized carbons (Fsp3) is 0.348. The maximum atomic E-state index is 13.9. The van der Waals surface area contributed by atoms with Crippen molar-refractivity contribution in [2.75, 3.05) is 19.7 Å². The van der Waals surface area contributed by atoms with Crippen molar-refractivity contribution in [3.8, 4) is 11.3 Å². The van der Waals surface area contributed by atoms with Crippen molar-refractivity contribution in [3.63, 3.8) is 0 Å². The smallest absolute Gasteiger partial charge is 0.254 e. The standard InChI is InChI=1S/C23H24FN3O3/c1-4-20-22(15(3)26-30-20)19-7-5-6-18(25-19)21-13-27(10-11-29-21)23(28)16-9-8-14(2)17(24)12-16/h5-9,12,21H,4,10-11,13H2,1-3H3/t21-/m0/s1. The second kappa shape index (κ2) is 8.36. The Morgan fingerprint density at radius 2 is 2.10 bits per heavy atom. The molecule has 0 aliphatic carbocycles. The Kier molecular flexibility index (Phi) is 5.63. The summed E-state index contributed by atoms with van der Waals surface area (Å²) in [4.78, 5) is 19.4. The van der Waals surface area contributed by atoms with Crippen LogP contribution < -0.4 is 0 Å². The molecule has 30 heavy (non-hydrogen) atoms. The highest BCUT2D eigenvalue weighted by Crippen LogP contribution is 2.29. The molecule has 7 heteroatoms. The molecule has 1 aliphatic rings. The summed E-state index contributed by atoms with van der Waals surface area (Å²) in [6.07, 6.45) is 0.361. The third-order valence-corrected chi connectivity index (χ3v) is 5.38. The van der Waals surface area contributed by atoms with E-state index in [-0.39, 0.29) is 17.8 Å². The fourth-order valence-electron chi connectivity index (χ4n) is 3.68. The summed E-state index contributed by atoms with van der Waals surface area (Å²) in [5.74, 6) is 0.206. The monoisotopic (exact) mass is 409 g/mol. The number of carbonyl (C=O) groups excluding carboxylic acids is 1. The molecule has 6 nitrogen and oxygen atoms in total. The van der Waals surface area contributed by atoms with E-state index in [0.29, 0.717) is 30.8 Å². The summed E-state index contributed by atoms with van der Waals surface area (Å²) in [7, 11) is 0. The van der Waals surface area contributed by atoms with E-state index < -0.39 is 0 Å². The topological polar surface area (TPSA) is 68.5 Å². The predicted octanol–water partition coefficient (Wildman–Crippen LogP) is 4.27. The lowest BCUT2D eigenvalue weighted by Gasteiger charge is -2.33. The molecule has 1 amide bonds. The molecular formula is C23H24FN3O3. The maximum Gasteiger partial charge on any atom is 0.254 e. The number of ether oxygens (including phenoxy) is 1. The zero-order valence-electron chi connectivity index (χ0n) is 17.3. The van der Waals surface area contributed by atoms with Crippen LogP contribution in [0.1, 0.15) is 46.1 Å². The number of aromatic nitrogens is 2. The van der Waals surface area contributed by atoms with Gasteiger partial charge in [-0.05, 0) is 43.7 Å². The molecule has 4 rings (SSSR count). The van der Waals surface area contributed by atoms with Gasteiger partial charge < -0.3 is 14.2 Å². The van der Waals surface area contributed by atoms with Gasteiger partial charge in [0.15, 0.2) is 0 Å². The normalized spacial score (nSPS) is 16.7. The number of rotatable bonds is 4. The summed E-state index contributed by atoms with van der Waals surface area (Å²) in [5.41, 5.74) is 4.06. The van der Waals surface area contributed by atoms with Gasteiger partial charge in [0, 0.05) is 18.5 Å². The SMILES string of the molecule is CCc1onc(C)c1-c1cccc([C@@H]2CN(C(=O)c3ccc(C)c(F)c3)CCO2)n1. The van der Waals surface area contributed by atoms with Crippen LogP contribution in [0.2, 0.25) is 0 Å². The van der Waals surface area contributed by atoms with Crippen molar-refractivity contribution in [1.29, 1.82) is 0 Å². The third-order valence-electron chi connectivity index (χ3n) is 5.38. The lowest BCUT2D eigenvalue weighted by atomic mass is 10.1. The Morgan fingerprint density at radius 1 is 1.27 bits per heavy atom. The molecule has 0 radical (unpaired) electrons. The van der Waals surface area contributed by atoms with Crippen LogP contribution in [0.25, 0.3) is 11.3 Å². The number of benzene rings is 1. The average Bonchev–Trinajstić information content (AvgIpc) is 3.16. The highest BCUT2D eigenvalue weighted by Gasteiger charge is 2.28. The first-order valence-electron chi connectivity index (χ1n) is 10.1. The number of pyridine rings is 1. The molecule has 1 aliphatic heterocycles. The van der Waals surface area contributed by atoms with E-state index in [2.05, 4.69) is 5.16 Å². The zero-order chi connectivity index (χ0) is 21.3. The van der Waals surface area contributed by atoms with E-state index in [4.69, 9.17) is 14.2 Å². The number of carbonyl (C=O) groups is 1. The molecule has 1 fully saturated rings. The van der Waals surface area contributed by atoms with E-state index in [0.717, 1.165) is 34.8 Å². The van der Waals surface area contributed by atoms with Crippen LogP contribution in [-0.4, -0.2) is 40.6 Å². The third kappa shape index (κ3) is 3.85. The Hall–Kier alpha value is -3.06. The molecule has 0 unspecified atom stereocenters. The van der Waals surface area contributed by atoms with Gasteiger partial charge >= 0.3 is 0 Å². The Balaban J connectivity index is 1.57. The molecule has 0 bridgehead atoms. The zero-order valence-corrected chi connectivity index (χ0v) is 17.3. The van der Waals surface area contributed by atoms with E-state index in [9.17, 15) is 9.18 Å². The Morgan fingerprint density at radius 3 is 2.87 bits per heavy atom. The van der Waals surface area contributed by atoms with Gasteiger partial charge in [-0.25, -0.2) is 9.37 Å². The van der Waals surface area contributed by atoms with Gasteiger partial charge in [-0.15, -0.1) is 0 Å². The largest absolute Gasteiger partial charge is 0.368 e. The van der Waals surface area contributed by atoms with Gasteiger partial charge in [-0.1, -0.05) is 24.2 Å². The Labute approximate surface area is 174 Å². The first-order valence-corrected chi connectivity index (χ1v) is 10.1. The van der Waals surface area contributed by atoms with E-state index in [1.54, 1.807) is 24.0 Å². The van der Waals surface area contributed by atoms with Gasteiger partial charge in [0.05, 0.1) is 35.8 Å². The molecule has 1 atom stereocenters. The number of nitrogens with zero attached hydrogens (tertiary/aromatic N) is 3. The van der Waals surface area contributed by atoms with Crippen LogP contribution in [0.15, 0.2) is 40.9 Å². The molecule has 1 aromatic carbocycles. The number of amides is 1. The quantitative estimate of drug-likeness (QED) is 0.644. The number of hydrogen-bond acceptors (Lipinski definition) is 5. The van der Waals surface area contributed by atoms with Crippen LogP contribution in [0.4, 0.5) is 4.39 Å². The molecule has 0 saturated carbocycles. The molecule has 1 saturated heterocycles. The van der Waals surface area contributed by atoms with Crippen molar-refractivity contribution >= 4 is 5.91 Å². The summed E-state index contributed by atoms with van der Waals surface area (Å²) in [6.45, 7) is 6.78. The lowest BCUT2D eigenvalue weighted by Crippen LogP contribution is -2.42. The number of aryl methyl sites for hydroxylation is 3. The second-order valence-electron chi connectivity index (χ2n) is 7.44. The minimum absolute atomic E-state index is 0.207. The first-order chi connectivity index (χ1) is 14.5. The number of halogens is 1. The van der Waals surface area contributed by atoms with E-state index in [1.165, 1.54) is 6.07 Å². The minimum Gasteiger partial charge on any atom is -0.368 e. The molecule has 2 aromatic heterocycles. The van der Waals surface area contributed by atoms with Gasteiger partial charge in [0.1, 0.15) is 17.7 Å². The van der Waals surface area contributed by atoms with Gasteiger partial charge in [-0.2, -0.15) is 0 Å². The number of hydrogen-bond donors (Lipinski definition) is 0. The highest BCUT2D eigenvalue weighted by atomic mass is 19.1. The van der Waals surface area contributed by atoms with Gasteiger partial charge in [0.25, 0.3) is 5.91 Å². The second-order valence-corrected chi connectivity index (χ2v) is 7.44. The highest BCUT2D eigenvalue weighted by molar-refractivity contribution is 5.94. The number of morpholine rings is 1. The lowest BCUT2D eigenvalue weighted by molar-refractivity contribution is -0.0246. The van der Waals surface area contributed by atoms with Crippen molar-refractivity contribution < 1.29 is 18.4 Å². The summed E-state index contributed by atoms with van der Waals surface area (Å²) in [6, 6.07) is 10.3. The van der Waals surface area contributed by atoms with Gasteiger partial charge in [0.2, 0.25) is 0 Å². The van der Waals surface area contributed by atoms with E-state index >= 15 is 0 Å². The summed E-state index contributed by atoms with van der Waals surface area (Å²) >= 11 is 0. The molecule has 0 N–H and O–H groups in total. The van der Waals surface area contributed by atoms with Gasteiger partial charge in [-0.3, -0.25) is 4.79 Å². The van der Waals surface area contributed by atoms with Crippen molar-refractivity contribution in [3.05, 3.63) is 70.5 Å². The minimum atomic E-state index is -0.379. The predicted molar refractivity (Wildman–Crippen MR) is 110 cm³/mol. The fourth-order valence-corrected chi connectivity index (χ4v) is 3.68. The summed E-state index contributed by atoms with van der Waals surface area (Å²) in [5, 5.41) is 4.06. The Bertz CT molecular complexity index is 1080. The van der Waals surface area contributed by atoms with Crippen molar-refractivity contribution in [1.82, 2.24) is 15.0 Å². The molecule has 156 valence electrons. The average molecular weight is 409 g/mol. The summed E-state index contributed by atoms with van der Waals surface area (Å²) < 4.78 is 25.2. The van der Waals surface area contributed by atoms with E-state index in [1.807, 2.05) is 32.0 Å². The van der Waals surface area contributed by atoms with Crippen LogP contribution in [-0.2, 0) is 11.2 Å². The first kappa shape index (κ1) is 20.2. The van der Waals surface area contributed by atoms with Crippen LogP contribution in [0.3, 0.4) is 0 Å². The van der Waals surface area contributed by atoms with Crippen molar-refractivity contribution in [2.24, 2.45) is 0 Å². The van der Waals surface area contributed by atoms with Crippen LogP contribution in [0, 0.1) is 19.7 Å². The van der Waals surface area contributed by atoms with Crippen molar-refractivity contribution in [2.45, 2.75) is 33.3 Å². The maximum absolute atomic E-state index is 13.9.